The van der Waals surface area contributed by atoms with Gasteiger partial charge in [-0.05, 0) is 79.9 Å². The number of piperidine rings is 1. The van der Waals surface area contributed by atoms with Gasteiger partial charge < -0.3 is 10.0 Å². The molecule has 2 saturated carbocycles. The minimum Gasteiger partial charge on any atom is -0.513 e. The summed E-state index contributed by atoms with van der Waals surface area (Å²) in [7, 11) is 0. The zero-order valence-corrected chi connectivity index (χ0v) is 17.1. The molecule has 1 N–H and O–H groups in total. The minimum absolute atomic E-state index is 0.349. The van der Waals surface area contributed by atoms with Crippen LogP contribution in [0.25, 0.3) is 0 Å². The Bertz CT molecular complexity index is 740. The lowest BCUT2D eigenvalue weighted by Crippen LogP contribution is -2.42. The normalized spacial score (nSPS) is 22.6. The summed E-state index contributed by atoms with van der Waals surface area (Å²) in [5.74, 6) is 1.83. The van der Waals surface area contributed by atoms with Crippen molar-refractivity contribution in [3.63, 3.8) is 0 Å². The molecule has 1 aliphatic heterocycles. The van der Waals surface area contributed by atoms with Crippen LogP contribution >= 0.6 is 0 Å². The van der Waals surface area contributed by atoms with Crippen LogP contribution in [0.2, 0.25) is 0 Å². The van der Waals surface area contributed by atoms with Crippen LogP contribution in [0.4, 0.5) is 5.69 Å². The minimum atomic E-state index is 0.349. The number of aliphatic hydroxyl groups is 1. The van der Waals surface area contributed by atoms with Crippen molar-refractivity contribution in [3.8, 4) is 6.07 Å². The SMILES string of the molecule is C=C(O)CC1CCC2(CC1)CCN(c1cc(CC3CCC3)ccc1C#N)CC2. The Morgan fingerprint density at radius 1 is 1.11 bits per heavy atom. The van der Waals surface area contributed by atoms with Gasteiger partial charge in [0.1, 0.15) is 6.07 Å². The van der Waals surface area contributed by atoms with Gasteiger partial charge in [-0.2, -0.15) is 5.26 Å². The number of nitriles is 1. The average Bonchev–Trinajstić information content (AvgIpc) is 2.67. The van der Waals surface area contributed by atoms with E-state index in [2.05, 4.69) is 29.7 Å². The summed E-state index contributed by atoms with van der Waals surface area (Å²) < 4.78 is 0. The summed E-state index contributed by atoms with van der Waals surface area (Å²) >= 11 is 0. The Labute approximate surface area is 170 Å². The predicted molar refractivity (Wildman–Crippen MR) is 114 cm³/mol. The van der Waals surface area contributed by atoms with Crippen molar-refractivity contribution in [1.82, 2.24) is 0 Å². The maximum absolute atomic E-state index is 9.62. The molecule has 3 aliphatic rings. The second-order valence-electron chi connectivity index (χ2n) is 9.67. The van der Waals surface area contributed by atoms with Gasteiger partial charge in [-0.3, -0.25) is 0 Å². The van der Waals surface area contributed by atoms with E-state index in [-0.39, 0.29) is 0 Å². The van der Waals surface area contributed by atoms with Crippen molar-refractivity contribution in [2.75, 3.05) is 18.0 Å². The number of hydrogen-bond donors (Lipinski definition) is 1. The Balaban J connectivity index is 1.39. The highest BCUT2D eigenvalue weighted by atomic mass is 16.3. The van der Waals surface area contributed by atoms with Crippen LogP contribution in [0, 0.1) is 28.6 Å². The number of benzene rings is 1. The predicted octanol–water partition coefficient (Wildman–Crippen LogP) is 6.14. The zero-order valence-electron chi connectivity index (χ0n) is 17.1. The summed E-state index contributed by atoms with van der Waals surface area (Å²) in [5.41, 5.74) is 3.89. The molecule has 3 nitrogen and oxygen atoms in total. The highest BCUT2D eigenvalue weighted by Crippen LogP contribution is 2.48. The van der Waals surface area contributed by atoms with E-state index < -0.39 is 0 Å². The van der Waals surface area contributed by atoms with E-state index in [4.69, 9.17) is 0 Å². The van der Waals surface area contributed by atoms with Gasteiger partial charge in [0.15, 0.2) is 0 Å². The molecule has 2 aliphatic carbocycles. The maximum Gasteiger partial charge on any atom is 0.101 e. The van der Waals surface area contributed by atoms with Crippen molar-refractivity contribution in [2.45, 2.75) is 70.6 Å². The smallest absolute Gasteiger partial charge is 0.101 e. The topological polar surface area (TPSA) is 47.3 Å². The summed E-state index contributed by atoms with van der Waals surface area (Å²) in [6.07, 6.45) is 13.6. The number of aliphatic hydroxyl groups excluding tert-OH is 1. The van der Waals surface area contributed by atoms with Crippen LogP contribution in [0.5, 0.6) is 0 Å². The van der Waals surface area contributed by atoms with Crippen LogP contribution in [-0.4, -0.2) is 18.2 Å². The van der Waals surface area contributed by atoms with E-state index in [1.165, 1.54) is 75.5 Å². The van der Waals surface area contributed by atoms with E-state index in [1.54, 1.807) is 0 Å². The molecule has 1 saturated heterocycles. The first kappa shape index (κ1) is 19.4. The molecule has 150 valence electrons. The van der Waals surface area contributed by atoms with E-state index in [0.717, 1.165) is 31.0 Å². The molecular weight excluding hydrogens is 344 g/mol. The van der Waals surface area contributed by atoms with E-state index in [9.17, 15) is 10.4 Å². The van der Waals surface area contributed by atoms with Crippen molar-refractivity contribution >= 4 is 5.69 Å². The van der Waals surface area contributed by atoms with Crippen molar-refractivity contribution in [3.05, 3.63) is 41.7 Å². The molecule has 0 aromatic heterocycles. The lowest BCUT2D eigenvalue weighted by molar-refractivity contribution is 0.109. The van der Waals surface area contributed by atoms with Crippen LogP contribution in [-0.2, 0) is 6.42 Å². The Morgan fingerprint density at radius 3 is 2.39 bits per heavy atom. The monoisotopic (exact) mass is 378 g/mol. The number of hydrogen-bond acceptors (Lipinski definition) is 3. The van der Waals surface area contributed by atoms with Crippen molar-refractivity contribution in [1.29, 1.82) is 5.26 Å². The maximum atomic E-state index is 9.62. The first-order valence-corrected chi connectivity index (χ1v) is 11.2. The highest BCUT2D eigenvalue weighted by molar-refractivity contribution is 5.61. The molecule has 3 fully saturated rings. The van der Waals surface area contributed by atoms with Gasteiger partial charge in [0, 0.05) is 19.5 Å². The third kappa shape index (κ3) is 4.22. The van der Waals surface area contributed by atoms with Gasteiger partial charge in [-0.25, -0.2) is 0 Å². The van der Waals surface area contributed by atoms with Crippen LogP contribution in [0.15, 0.2) is 30.5 Å². The first-order valence-electron chi connectivity index (χ1n) is 11.2. The molecule has 0 bridgehead atoms. The molecule has 1 spiro atoms. The summed E-state index contributed by atoms with van der Waals surface area (Å²) in [6, 6.07) is 8.94. The standard InChI is InChI=1S/C25H34N2O/c1-19(28)15-21-7-9-25(10-8-21)11-13-27(14-12-25)24-17-22(5-6-23(24)18-26)16-20-3-2-4-20/h5-6,17,20-21,28H,1-4,7-16H2. The van der Waals surface area contributed by atoms with Gasteiger partial charge in [-0.15, -0.1) is 0 Å². The first-order chi connectivity index (χ1) is 13.6. The largest absolute Gasteiger partial charge is 0.513 e. The molecular formula is C25H34N2O. The molecule has 1 heterocycles. The molecule has 0 atom stereocenters. The molecule has 0 radical (unpaired) electrons. The van der Waals surface area contributed by atoms with Crippen molar-refractivity contribution < 1.29 is 5.11 Å². The molecule has 3 heteroatoms. The molecule has 4 rings (SSSR count). The van der Waals surface area contributed by atoms with Gasteiger partial charge in [0.05, 0.1) is 17.0 Å². The van der Waals surface area contributed by atoms with Gasteiger partial charge >= 0.3 is 0 Å². The molecule has 1 aromatic rings. The van der Waals surface area contributed by atoms with E-state index >= 15 is 0 Å². The molecule has 1 aromatic carbocycles. The average molecular weight is 379 g/mol. The third-order valence-corrected chi connectivity index (χ3v) is 7.79. The second-order valence-corrected chi connectivity index (χ2v) is 9.67. The van der Waals surface area contributed by atoms with E-state index in [1.807, 2.05) is 6.07 Å². The van der Waals surface area contributed by atoms with Crippen LogP contribution < -0.4 is 4.90 Å². The third-order valence-electron chi connectivity index (χ3n) is 7.79. The Kier molecular flexibility index (Phi) is 5.67. The number of anilines is 1. The highest BCUT2D eigenvalue weighted by Gasteiger charge is 2.38. The second kappa shape index (κ2) is 8.19. The van der Waals surface area contributed by atoms with Crippen LogP contribution in [0.1, 0.15) is 75.3 Å². The fraction of sp³-hybridized carbons (Fsp3) is 0.640. The fourth-order valence-corrected chi connectivity index (χ4v) is 5.64. The summed E-state index contributed by atoms with van der Waals surface area (Å²) in [5, 5.41) is 19.1. The lowest BCUT2D eigenvalue weighted by atomic mass is 9.65. The quantitative estimate of drug-likeness (QED) is 0.626. The number of allylic oxidation sites excluding steroid dienone is 1. The number of rotatable bonds is 5. The van der Waals surface area contributed by atoms with E-state index in [0.29, 0.717) is 17.1 Å². The fourth-order valence-electron chi connectivity index (χ4n) is 5.64. The van der Waals surface area contributed by atoms with Crippen molar-refractivity contribution in [2.24, 2.45) is 17.3 Å². The van der Waals surface area contributed by atoms with Crippen LogP contribution in [0.3, 0.4) is 0 Å². The molecule has 0 unspecified atom stereocenters. The zero-order chi connectivity index (χ0) is 19.6. The van der Waals surface area contributed by atoms with Gasteiger partial charge in [0.2, 0.25) is 0 Å². The summed E-state index contributed by atoms with van der Waals surface area (Å²) in [4.78, 5) is 2.47. The Morgan fingerprint density at radius 2 is 1.82 bits per heavy atom. The van der Waals surface area contributed by atoms with Gasteiger partial charge in [-0.1, -0.05) is 31.9 Å². The Hall–Kier alpha value is -1.95. The lowest BCUT2D eigenvalue weighted by Gasteiger charge is -2.46. The molecule has 28 heavy (non-hydrogen) atoms. The molecule has 0 amide bonds. The number of nitrogens with zero attached hydrogens (tertiary/aromatic N) is 2. The van der Waals surface area contributed by atoms with Gasteiger partial charge in [0.25, 0.3) is 0 Å². The summed E-state index contributed by atoms with van der Waals surface area (Å²) in [6.45, 7) is 5.81.